The first-order chi connectivity index (χ1) is 9.47. The molecule has 0 spiro atoms. The summed E-state index contributed by atoms with van der Waals surface area (Å²) in [5, 5.41) is 0. The summed E-state index contributed by atoms with van der Waals surface area (Å²) in [4.78, 5) is 16.4. The smallest absolute Gasteiger partial charge is 0.222 e. The number of hydrogen-bond donors (Lipinski definition) is 0. The summed E-state index contributed by atoms with van der Waals surface area (Å²) in [5.41, 5.74) is 3.95. The Morgan fingerprint density at radius 2 is 1.75 bits per heavy atom. The SMILES string of the molecule is Cc1ccc(N2CCN(C(=O)CC(C)C)CC2)cc1C. The summed E-state index contributed by atoms with van der Waals surface area (Å²) in [6, 6.07) is 6.62. The summed E-state index contributed by atoms with van der Waals surface area (Å²) in [5.74, 6) is 0.750. The number of carbonyl (C=O) groups excluding carboxylic acids is 1. The minimum atomic E-state index is 0.305. The van der Waals surface area contributed by atoms with Crippen molar-refractivity contribution in [3.8, 4) is 0 Å². The van der Waals surface area contributed by atoms with Crippen molar-refractivity contribution in [3.63, 3.8) is 0 Å². The molecule has 3 heteroatoms. The lowest BCUT2D eigenvalue weighted by molar-refractivity contribution is -0.132. The lowest BCUT2D eigenvalue weighted by Gasteiger charge is -2.36. The maximum atomic E-state index is 12.1. The van der Waals surface area contributed by atoms with Gasteiger partial charge in [-0.1, -0.05) is 19.9 Å². The van der Waals surface area contributed by atoms with Crippen molar-refractivity contribution in [3.05, 3.63) is 29.3 Å². The molecule has 0 bridgehead atoms. The van der Waals surface area contributed by atoms with Crippen molar-refractivity contribution in [2.45, 2.75) is 34.1 Å². The van der Waals surface area contributed by atoms with Crippen molar-refractivity contribution in [1.29, 1.82) is 0 Å². The molecule has 2 rings (SSSR count). The van der Waals surface area contributed by atoms with Gasteiger partial charge in [-0.2, -0.15) is 0 Å². The zero-order valence-corrected chi connectivity index (χ0v) is 13.1. The molecule has 1 fully saturated rings. The van der Waals surface area contributed by atoms with Gasteiger partial charge in [0.2, 0.25) is 5.91 Å². The third kappa shape index (κ3) is 3.53. The van der Waals surface area contributed by atoms with Crippen LogP contribution in [0.2, 0.25) is 0 Å². The standard InChI is InChI=1S/C17H26N2O/c1-13(2)11-17(20)19-9-7-18(8-10-19)16-6-5-14(3)15(4)12-16/h5-6,12-13H,7-11H2,1-4H3. The van der Waals surface area contributed by atoms with Crippen LogP contribution in [0.4, 0.5) is 5.69 Å². The van der Waals surface area contributed by atoms with Crippen LogP contribution in [0.25, 0.3) is 0 Å². The third-order valence-corrected chi connectivity index (χ3v) is 4.07. The zero-order valence-electron chi connectivity index (χ0n) is 13.1. The van der Waals surface area contributed by atoms with Gasteiger partial charge in [-0.15, -0.1) is 0 Å². The van der Waals surface area contributed by atoms with Crippen LogP contribution >= 0.6 is 0 Å². The Morgan fingerprint density at radius 1 is 1.10 bits per heavy atom. The minimum Gasteiger partial charge on any atom is -0.368 e. The van der Waals surface area contributed by atoms with Gasteiger partial charge >= 0.3 is 0 Å². The highest BCUT2D eigenvalue weighted by atomic mass is 16.2. The Morgan fingerprint density at radius 3 is 2.30 bits per heavy atom. The van der Waals surface area contributed by atoms with E-state index in [1.807, 2.05) is 4.90 Å². The van der Waals surface area contributed by atoms with Crippen LogP contribution in [0, 0.1) is 19.8 Å². The lowest BCUT2D eigenvalue weighted by atomic mass is 10.1. The van der Waals surface area contributed by atoms with Gasteiger partial charge in [-0.05, 0) is 43.0 Å². The molecule has 3 nitrogen and oxygen atoms in total. The second-order valence-electron chi connectivity index (χ2n) is 6.23. The molecule has 1 aliphatic rings. The second-order valence-corrected chi connectivity index (χ2v) is 6.23. The van der Waals surface area contributed by atoms with Crippen molar-refractivity contribution >= 4 is 11.6 Å². The largest absolute Gasteiger partial charge is 0.368 e. The number of aryl methyl sites for hydroxylation is 2. The number of amides is 1. The number of rotatable bonds is 3. The summed E-state index contributed by atoms with van der Waals surface area (Å²) >= 11 is 0. The van der Waals surface area contributed by atoms with Crippen molar-refractivity contribution < 1.29 is 4.79 Å². The monoisotopic (exact) mass is 274 g/mol. The minimum absolute atomic E-state index is 0.305. The number of benzene rings is 1. The Bertz CT molecular complexity index is 474. The Kier molecular flexibility index (Phi) is 4.69. The number of carbonyl (C=O) groups is 1. The van der Waals surface area contributed by atoms with E-state index in [0.29, 0.717) is 18.2 Å². The predicted molar refractivity (Wildman–Crippen MR) is 84.2 cm³/mol. The molecule has 110 valence electrons. The van der Waals surface area contributed by atoms with Crippen LogP contribution in [0.15, 0.2) is 18.2 Å². The molecule has 1 amide bonds. The highest BCUT2D eigenvalue weighted by molar-refractivity contribution is 5.76. The molecule has 0 saturated carbocycles. The first kappa shape index (κ1) is 14.9. The van der Waals surface area contributed by atoms with Crippen LogP contribution in [0.3, 0.4) is 0 Å². The highest BCUT2D eigenvalue weighted by Crippen LogP contribution is 2.20. The van der Waals surface area contributed by atoms with Crippen LogP contribution in [-0.4, -0.2) is 37.0 Å². The lowest BCUT2D eigenvalue weighted by Crippen LogP contribution is -2.49. The van der Waals surface area contributed by atoms with Crippen molar-refractivity contribution in [2.24, 2.45) is 5.92 Å². The van der Waals surface area contributed by atoms with E-state index in [2.05, 4.69) is 50.8 Å². The number of nitrogens with zero attached hydrogens (tertiary/aromatic N) is 2. The molecule has 1 aliphatic heterocycles. The van der Waals surface area contributed by atoms with Gasteiger partial charge in [0.15, 0.2) is 0 Å². The molecular formula is C17H26N2O. The maximum absolute atomic E-state index is 12.1. The van der Waals surface area contributed by atoms with Gasteiger partial charge in [0.05, 0.1) is 0 Å². The van der Waals surface area contributed by atoms with E-state index in [1.165, 1.54) is 16.8 Å². The van der Waals surface area contributed by atoms with Crippen molar-refractivity contribution in [2.75, 3.05) is 31.1 Å². The van der Waals surface area contributed by atoms with E-state index in [1.54, 1.807) is 0 Å². The third-order valence-electron chi connectivity index (χ3n) is 4.07. The van der Waals surface area contributed by atoms with Crippen molar-refractivity contribution in [1.82, 2.24) is 4.90 Å². The molecule has 20 heavy (non-hydrogen) atoms. The van der Waals surface area contributed by atoms with E-state index in [0.717, 1.165) is 26.2 Å². The molecule has 0 N–H and O–H groups in total. The molecule has 0 radical (unpaired) electrons. The molecule has 1 heterocycles. The average Bonchev–Trinajstić information content (AvgIpc) is 2.41. The molecule has 0 atom stereocenters. The second kappa shape index (κ2) is 6.29. The molecule has 0 aliphatic carbocycles. The van der Waals surface area contributed by atoms with Gasteiger partial charge in [0.1, 0.15) is 0 Å². The average molecular weight is 274 g/mol. The van der Waals surface area contributed by atoms with E-state index in [-0.39, 0.29) is 0 Å². The predicted octanol–water partition coefficient (Wildman–Crippen LogP) is 3.00. The maximum Gasteiger partial charge on any atom is 0.222 e. The van der Waals surface area contributed by atoms with Crippen LogP contribution in [-0.2, 0) is 4.79 Å². The number of piperazine rings is 1. The van der Waals surface area contributed by atoms with E-state index >= 15 is 0 Å². The fraction of sp³-hybridized carbons (Fsp3) is 0.588. The fourth-order valence-corrected chi connectivity index (χ4v) is 2.61. The van der Waals surface area contributed by atoms with Crippen LogP contribution < -0.4 is 4.90 Å². The van der Waals surface area contributed by atoms with Gasteiger partial charge < -0.3 is 9.80 Å². The Hall–Kier alpha value is -1.51. The molecule has 1 aromatic rings. The van der Waals surface area contributed by atoms with Crippen LogP contribution in [0.1, 0.15) is 31.4 Å². The molecule has 1 saturated heterocycles. The van der Waals surface area contributed by atoms with E-state index < -0.39 is 0 Å². The number of anilines is 1. The molecule has 0 unspecified atom stereocenters. The fourth-order valence-electron chi connectivity index (χ4n) is 2.61. The highest BCUT2D eigenvalue weighted by Gasteiger charge is 2.21. The van der Waals surface area contributed by atoms with E-state index in [9.17, 15) is 4.79 Å². The van der Waals surface area contributed by atoms with E-state index in [4.69, 9.17) is 0 Å². The molecule has 1 aromatic carbocycles. The van der Waals surface area contributed by atoms with Crippen LogP contribution in [0.5, 0.6) is 0 Å². The summed E-state index contributed by atoms with van der Waals surface area (Å²) < 4.78 is 0. The summed E-state index contributed by atoms with van der Waals surface area (Å²) in [7, 11) is 0. The van der Waals surface area contributed by atoms with Gasteiger partial charge in [0, 0.05) is 38.3 Å². The van der Waals surface area contributed by atoms with Gasteiger partial charge in [0.25, 0.3) is 0 Å². The van der Waals surface area contributed by atoms with Gasteiger partial charge in [-0.25, -0.2) is 0 Å². The zero-order chi connectivity index (χ0) is 14.7. The first-order valence-corrected chi connectivity index (χ1v) is 7.57. The Balaban J connectivity index is 1.94. The topological polar surface area (TPSA) is 23.6 Å². The normalized spacial score (nSPS) is 15.8. The molecule has 0 aromatic heterocycles. The number of hydrogen-bond acceptors (Lipinski definition) is 2. The Labute approximate surface area is 122 Å². The van der Waals surface area contributed by atoms with Gasteiger partial charge in [-0.3, -0.25) is 4.79 Å². The molecular weight excluding hydrogens is 248 g/mol. The first-order valence-electron chi connectivity index (χ1n) is 7.57. The summed E-state index contributed by atoms with van der Waals surface area (Å²) in [6.07, 6.45) is 0.670. The summed E-state index contributed by atoms with van der Waals surface area (Å²) in [6.45, 7) is 12.1. The quantitative estimate of drug-likeness (QED) is 0.846.